The Kier molecular flexibility index (Phi) is 11.1. The normalized spacial score (nSPS) is 11.7. The molecule has 0 saturated carbocycles. The molecule has 2 heterocycles. The Morgan fingerprint density at radius 2 is 1.89 bits per heavy atom. The van der Waals surface area contributed by atoms with Crippen LogP contribution in [0.1, 0.15) is 34.1 Å². The number of thiophene rings is 1. The van der Waals surface area contributed by atoms with Gasteiger partial charge in [0.25, 0.3) is 0 Å². The fourth-order valence-corrected chi connectivity index (χ4v) is 6.21. The molecule has 2 aromatic heterocycles. The van der Waals surface area contributed by atoms with Crippen LogP contribution in [0.25, 0.3) is 10.2 Å². The second kappa shape index (κ2) is 15.4. The van der Waals surface area contributed by atoms with Crippen molar-refractivity contribution >= 4 is 44.7 Å². The highest BCUT2D eigenvalue weighted by Crippen LogP contribution is 2.34. The van der Waals surface area contributed by atoms with Crippen LogP contribution < -0.4 is 14.8 Å². The smallest absolute Gasteiger partial charge is 0.151 e. The van der Waals surface area contributed by atoms with Crippen LogP contribution in [0.2, 0.25) is 5.02 Å². The van der Waals surface area contributed by atoms with Gasteiger partial charge in [0.05, 0.1) is 39.9 Å². The van der Waals surface area contributed by atoms with Crippen LogP contribution in [0.4, 0.5) is 15.9 Å². The molecule has 1 atom stereocenters. The van der Waals surface area contributed by atoms with Gasteiger partial charge < -0.3 is 19.5 Å². The van der Waals surface area contributed by atoms with Gasteiger partial charge in [0.2, 0.25) is 0 Å². The largest absolute Gasteiger partial charge is 0.496 e. The van der Waals surface area contributed by atoms with Gasteiger partial charge in [-0.3, -0.25) is 4.90 Å². The number of hydrogen-bond acceptors (Lipinski definition) is 8. The van der Waals surface area contributed by atoms with Crippen molar-refractivity contribution < 1.29 is 18.6 Å². The van der Waals surface area contributed by atoms with E-state index in [1.54, 1.807) is 38.5 Å². The SMILES string of the molecule is COCCN(Cc1c(C)cc(C)cc1OC)C(C)C#Cc1cc2ncnc(Nc3ccc(OCc4cccc(F)c4)c(Cl)c3)c2s1. The van der Waals surface area contributed by atoms with Crippen LogP contribution in [0.5, 0.6) is 11.5 Å². The maximum atomic E-state index is 13.5. The van der Waals surface area contributed by atoms with E-state index < -0.39 is 0 Å². The summed E-state index contributed by atoms with van der Waals surface area (Å²) < 4.78 is 31.3. The summed E-state index contributed by atoms with van der Waals surface area (Å²) in [7, 11) is 3.42. The molecule has 46 heavy (non-hydrogen) atoms. The number of halogens is 2. The van der Waals surface area contributed by atoms with Gasteiger partial charge >= 0.3 is 0 Å². The summed E-state index contributed by atoms with van der Waals surface area (Å²) in [6.45, 7) is 8.52. The van der Waals surface area contributed by atoms with Crippen LogP contribution in [0.3, 0.4) is 0 Å². The lowest BCUT2D eigenvalue weighted by atomic mass is 10.0. The fourth-order valence-electron chi connectivity index (χ4n) is 5.06. The average Bonchev–Trinajstić information content (AvgIpc) is 3.46. The number of nitrogens with one attached hydrogen (secondary N) is 1. The lowest BCUT2D eigenvalue weighted by molar-refractivity contribution is 0.133. The minimum Gasteiger partial charge on any atom is -0.496 e. The maximum Gasteiger partial charge on any atom is 0.151 e. The summed E-state index contributed by atoms with van der Waals surface area (Å²) in [6.07, 6.45) is 1.53. The van der Waals surface area contributed by atoms with E-state index in [1.165, 1.54) is 40.9 Å². The molecular formula is C36H36ClFN4O3S. The van der Waals surface area contributed by atoms with Gasteiger partial charge in [-0.1, -0.05) is 41.6 Å². The van der Waals surface area contributed by atoms with Crippen molar-refractivity contribution in [2.24, 2.45) is 0 Å². The first-order chi connectivity index (χ1) is 22.2. The van der Waals surface area contributed by atoms with Crippen LogP contribution in [0, 0.1) is 31.5 Å². The number of benzene rings is 3. The molecule has 3 aromatic carbocycles. The number of fused-ring (bicyclic) bond motifs is 1. The van der Waals surface area contributed by atoms with Gasteiger partial charge in [-0.2, -0.15) is 0 Å². The topological polar surface area (TPSA) is 68.7 Å². The first-order valence-corrected chi connectivity index (χ1v) is 16.0. The molecule has 0 spiro atoms. The third-order valence-corrected chi connectivity index (χ3v) is 8.82. The van der Waals surface area contributed by atoms with Crippen LogP contribution in [-0.4, -0.2) is 48.3 Å². The van der Waals surface area contributed by atoms with Crippen molar-refractivity contribution in [3.8, 4) is 23.3 Å². The molecule has 0 bridgehead atoms. The number of aryl methyl sites for hydroxylation is 2. The number of anilines is 2. The molecule has 7 nitrogen and oxygen atoms in total. The summed E-state index contributed by atoms with van der Waals surface area (Å²) in [5.41, 5.74) is 5.77. The molecule has 0 radical (unpaired) electrons. The van der Waals surface area contributed by atoms with Gasteiger partial charge in [0, 0.05) is 31.5 Å². The van der Waals surface area contributed by atoms with Crippen molar-refractivity contribution in [3.63, 3.8) is 0 Å². The van der Waals surface area contributed by atoms with Crippen LogP contribution in [0.15, 0.2) is 67.0 Å². The molecule has 238 valence electrons. The Labute approximate surface area is 278 Å². The molecule has 5 aromatic rings. The molecular weight excluding hydrogens is 623 g/mol. The molecule has 0 amide bonds. The molecule has 0 aliphatic rings. The minimum atomic E-state index is -0.307. The van der Waals surface area contributed by atoms with Crippen molar-refractivity contribution in [2.75, 3.05) is 32.7 Å². The third-order valence-electron chi connectivity index (χ3n) is 7.48. The van der Waals surface area contributed by atoms with Gasteiger partial charge in [-0.25, -0.2) is 14.4 Å². The first-order valence-electron chi connectivity index (χ1n) is 14.8. The highest BCUT2D eigenvalue weighted by Gasteiger charge is 2.17. The summed E-state index contributed by atoms with van der Waals surface area (Å²) in [5.74, 6) is 8.54. The molecule has 0 aliphatic carbocycles. The molecule has 1 unspecified atom stereocenters. The molecule has 0 aliphatic heterocycles. The number of rotatable bonds is 12. The lowest BCUT2D eigenvalue weighted by Crippen LogP contribution is -2.34. The van der Waals surface area contributed by atoms with E-state index in [1.807, 2.05) is 12.1 Å². The van der Waals surface area contributed by atoms with Gasteiger partial charge in [0.15, 0.2) is 5.82 Å². The Morgan fingerprint density at radius 3 is 2.65 bits per heavy atom. The van der Waals surface area contributed by atoms with E-state index in [2.05, 4.69) is 64.9 Å². The highest BCUT2D eigenvalue weighted by molar-refractivity contribution is 7.20. The zero-order valence-corrected chi connectivity index (χ0v) is 28.1. The maximum absolute atomic E-state index is 13.5. The quantitative estimate of drug-likeness (QED) is 0.135. The number of aromatic nitrogens is 2. The van der Waals surface area contributed by atoms with E-state index in [4.69, 9.17) is 25.8 Å². The molecule has 5 rings (SSSR count). The summed E-state index contributed by atoms with van der Waals surface area (Å²) >= 11 is 8.05. The number of ether oxygens (including phenoxy) is 3. The van der Waals surface area contributed by atoms with E-state index in [0.717, 1.165) is 44.2 Å². The fraction of sp³-hybridized carbons (Fsp3) is 0.278. The third kappa shape index (κ3) is 8.33. The lowest BCUT2D eigenvalue weighted by Gasteiger charge is -2.27. The second-order valence-corrected chi connectivity index (χ2v) is 12.4. The molecule has 10 heteroatoms. The van der Waals surface area contributed by atoms with Crippen LogP contribution >= 0.6 is 22.9 Å². The standard InChI is InChI=1S/C36H36ClFN4O3S/c1-23-15-24(2)30(34(16-23)44-5)20-42(13-14-43-4)25(3)9-11-29-19-32-35(46-29)36(40-22-39-32)41-28-10-12-33(31(37)18-28)45-21-26-7-6-8-27(38)17-26/h6-8,10,12,15-19,22,25H,13-14,20-21H2,1-5H3,(H,39,40,41). The average molecular weight is 659 g/mol. The monoisotopic (exact) mass is 658 g/mol. The Balaban J connectivity index is 1.31. The summed E-state index contributed by atoms with van der Waals surface area (Å²) in [6, 6.07) is 17.9. The minimum absolute atomic E-state index is 0.0433. The predicted octanol–water partition coefficient (Wildman–Crippen LogP) is 8.32. The molecule has 0 fully saturated rings. The van der Waals surface area contributed by atoms with E-state index >= 15 is 0 Å². The summed E-state index contributed by atoms with van der Waals surface area (Å²) in [5, 5.41) is 3.78. The van der Waals surface area contributed by atoms with Crippen molar-refractivity contribution in [1.29, 1.82) is 0 Å². The van der Waals surface area contributed by atoms with Crippen molar-refractivity contribution in [2.45, 2.75) is 40.0 Å². The van der Waals surface area contributed by atoms with E-state index in [-0.39, 0.29) is 18.5 Å². The Hall–Kier alpha value is -4.20. The molecule has 0 saturated heterocycles. The van der Waals surface area contributed by atoms with Gasteiger partial charge in [-0.05, 0) is 79.9 Å². The Morgan fingerprint density at radius 1 is 1.04 bits per heavy atom. The van der Waals surface area contributed by atoms with E-state index in [9.17, 15) is 4.39 Å². The zero-order chi connectivity index (χ0) is 32.6. The predicted molar refractivity (Wildman–Crippen MR) is 184 cm³/mol. The number of hydrogen-bond donors (Lipinski definition) is 1. The molecule has 1 N–H and O–H groups in total. The number of methoxy groups -OCH3 is 2. The second-order valence-electron chi connectivity index (χ2n) is 10.9. The Bertz CT molecular complexity index is 1890. The first kappa shape index (κ1) is 33.2. The van der Waals surface area contributed by atoms with Crippen molar-refractivity contribution in [1.82, 2.24) is 14.9 Å². The van der Waals surface area contributed by atoms with Gasteiger partial charge in [0.1, 0.15) is 30.3 Å². The zero-order valence-electron chi connectivity index (χ0n) is 26.5. The van der Waals surface area contributed by atoms with Crippen molar-refractivity contribution in [3.05, 3.63) is 105 Å². The van der Waals surface area contributed by atoms with Crippen LogP contribution in [-0.2, 0) is 17.9 Å². The number of nitrogens with zero attached hydrogens (tertiary/aromatic N) is 3. The van der Waals surface area contributed by atoms with Gasteiger partial charge in [-0.15, -0.1) is 11.3 Å². The van der Waals surface area contributed by atoms with E-state index in [0.29, 0.717) is 29.7 Å². The summed E-state index contributed by atoms with van der Waals surface area (Å²) in [4.78, 5) is 12.1. The highest BCUT2D eigenvalue weighted by atomic mass is 35.5.